The van der Waals surface area contributed by atoms with Crippen LogP contribution in [0.25, 0.3) is 0 Å². The first-order valence-electron chi connectivity index (χ1n) is 6.60. The fraction of sp³-hybridized carbons (Fsp3) is 1.00. The van der Waals surface area contributed by atoms with Gasteiger partial charge in [0.2, 0.25) is 0 Å². The number of rotatable bonds is 12. The summed E-state index contributed by atoms with van der Waals surface area (Å²) in [4.78, 5) is 0. The molecule has 0 amide bonds. The molecular weight excluding hydrogens is 346 g/mol. The van der Waals surface area contributed by atoms with E-state index in [0.717, 1.165) is 39.1 Å². The molecule has 0 saturated heterocycles. The normalized spacial score (nSPS) is 10.6. The quantitative estimate of drug-likeness (QED) is 0.384. The van der Waals surface area contributed by atoms with Gasteiger partial charge in [0, 0.05) is 0 Å². The van der Waals surface area contributed by atoms with Crippen molar-refractivity contribution in [2.75, 3.05) is 19.8 Å². The second kappa shape index (κ2) is 17.0. The first-order chi connectivity index (χ1) is 7.85. The van der Waals surface area contributed by atoms with Crippen LogP contribution in [0.1, 0.15) is 59.3 Å². The predicted octanol–water partition coefficient (Wildman–Crippen LogP) is 3.84. The van der Waals surface area contributed by atoms with Crippen molar-refractivity contribution >= 4 is 33.4 Å². The molecule has 0 aliphatic carbocycles. The Kier molecular flexibility index (Phi) is 20.3. The largest absolute Gasteiger partial charge is 0.147 e. The summed E-state index contributed by atoms with van der Waals surface area (Å²) in [6.07, 6.45) is 6.83. The van der Waals surface area contributed by atoms with Gasteiger partial charge < -0.3 is 0 Å². The van der Waals surface area contributed by atoms with E-state index >= 15 is 0 Å². The molecule has 17 heavy (non-hydrogen) atoms. The molecule has 1 radical (unpaired) electrons. The van der Waals surface area contributed by atoms with Crippen LogP contribution in [0.3, 0.4) is 0 Å². The Morgan fingerprint density at radius 1 is 0.647 bits per heavy atom. The first kappa shape index (κ1) is 20.3. The summed E-state index contributed by atoms with van der Waals surface area (Å²) in [6.45, 7) is 8.93. The van der Waals surface area contributed by atoms with Crippen molar-refractivity contribution in [3.63, 3.8) is 0 Å². The number of hydrogen-bond acceptors (Lipinski definition) is 3. The van der Waals surface area contributed by atoms with E-state index in [-0.39, 0.29) is 12.4 Å². The third-order valence-corrected chi connectivity index (χ3v) is 5.92. The standard InChI is InChI=1S/3C4H9O.ClH.Sn/c3*1-2-3-4-5;;/h3*2-4H2,1H3;1H;/q3*-1;;+3. The van der Waals surface area contributed by atoms with Gasteiger partial charge in [-0.1, -0.05) is 0 Å². The van der Waals surface area contributed by atoms with E-state index in [1.807, 2.05) is 0 Å². The zero-order valence-corrected chi connectivity index (χ0v) is 15.2. The van der Waals surface area contributed by atoms with Crippen LogP contribution in [-0.4, -0.2) is 40.8 Å². The molecular formula is C12H28ClO3Sn. The molecule has 0 aromatic carbocycles. The van der Waals surface area contributed by atoms with Gasteiger partial charge in [0.15, 0.2) is 0 Å². The topological polar surface area (TPSA) is 27.7 Å². The molecule has 0 rings (SSSR count). The second-order valence-electron chi connectivity index (χ2n) is 3.86. The summed E-state index contributed by atoms with van der Waals surface area (Å²) in [6, 6.07) is 0. The Morgan fingerprint density at radius 3 is 1.18 bits per heavy atom. The summed E-state index contributed by atoms with van der Waals surface area (Å²) in [5.74, 6) is 0. The number of hydrogen-bond donors (Lipinski definition) is 0. The van der Waals surface area contributed by atoms with Crippen molar-refractivity contribution in [2.45, 2.75) is 59.3 Å². The molecule has 0 spiro atoms. The Labute approximate surface area is 121 Å². The van der Waals surface area contributed by atoms with Crippen LogP contribution >= 0.6 is 12.4 Å². The van der Waals surface area contributed by atoms with Gasteiger partial charge in [0.05, 0.1) is 0 Å². The molecule has 0 bridgehead atoms. The molecule has 0 saturated carbocycles. The van der Waals surface area contributed by atoms with Gasteiger partial charge in [-0.25, -0.2) is 0 Å². The van der Waals surface area contributed by atoms with E-state index in [1.54, 1.807) is 0 Å². The maximum atomic E-state index is 5.73. The molecule has 0 unspecified atom stereocenters. The van der Waals surface area contributed by atoms with Crippen LogP contribution < -0.4 is 0 Å². The molecule has 0 aliphatic rings. The Morgan fingerprint density at radius 2 is 0.941 bits per heavy atom. The van der Waals surface area contributed by atoms with Crippen molar-refractivity contribution in [3.05, 3.63) is 0 Å². The Balaban J connectivity index is 0. The molecule has 5 heteroatoms. The van der Waals surface area contributed by atoms with E-state index in [9.17, 15) is 0 Å². The third-order valence-electron chi connectivity index (χ3n) is 2.15. The van der Waals surface area contributed by atoms with E-state index in [4.69, 9.17) is 9.22 Å². The zero-order valence-electron chi connectivity index (χ0n) is 11.5. The van der Waals surface area contributed by atoms with Crippen LogP contribution in [0.5, 0.6) is 0 Å². The van der Waals surface area contributed by atoms with E-state index in [2.05, 4.69) is 20.8 Å². The van der Waals surface area contributed by atoms with Crippen molar-refractivity contribution in [1.29, 1.82) is 0 Å². The average molecular weight is 375 g/mol. The molecule has 0 aromatic heterocycles. The van der Waals surface area contributed by atoms with Gasteiger partial charge in [-0.15, -0.1) is 12.4 Å². The minimum absolute atomic E-state index is 0. The average Bonchev–Trinajstić information content (AvgIpc) is 2.29. The van der Waals surface area contributed by atoms with Crippen molar-refractivity contribution < 1.29 is 9.22 Å². The van der Waals surface area contributed by atoms with E-state index < -0.39 is 21.0 Å². The monoisotopic (exact) mass is 375 g/mol. The molecule has 0 heterocycles. The smallest absolute Gasteiger partial charge is 0.147 e. The van der Waals surface area contributed by atoms with Crippen LogP contribution in [0.15, 0.2) is 0 Å². The van der Waals surface area contributed by atoms with Gasteiger partial charge in [0.1, 0.15) is 0 Å². The molecule has 0 atom stereocenters. The summed E-state index contributed by atoms with van der Waals surface area (Å²) in [5, 5.41) is 0. The third kappa shape index (κ3) is 14.9. The van der Waals surface area contributed by atoms with E-state index in [0.29, 0.717) is 0 Å². The van der Waals surface area contributed by atoms with Crippen LogP contribution in [0, 0.1) is 0 Å². The summed E-state index contributed by atoms with van der Waals surface area (Å²) < 4.78 is 17.2. The SMILES string of the molecule is CCCC[O][Sn]([O]CCCC)[O]CCCC.Cl. The summed E-state index contributed by atoms with van der Waals surface area (Å²) >= 11 is -2.40. The minimum atomic E-state index is -2.40. The fourth-order valence-electron chi connectivity index (χ4n) is 1.02. The minimum Gasteiger partial charge on any atom is -0.147 e. The number of unbranched alkanes of at least 4 members (excludes halogenated alkanes) is 3. The molecule has 0 N–H and O–H groups in total. The van der Waals surface area contributed by atoms with Gasteiger partial charge >= 0.3 is 109 Å². The molecule has 0 aromatic rings. The van der Waals surface area contributed by atoms with Crippen LogP contribution in [0.2, 0.25) is 0 Å². The van der Waals surface area contributed by atoms with Gasteiger partial charge in [0.25, 0.3) is 0 Å². The maximum Gasteiger partial charge on any atom is -0.147 e. The van der Waals surface area contributed by atoms with Crippen LogP contribution in [0.4, 0.5) is 0 Å². The Hall–Kier alpha value is 0.969. The van der Waals surface area contributed by atoms with E-state index in [1.165, 1.54) is 19.3 Å². The summed E-state index contributed by atoms with van der Waals surface area (Å²) in [5.41, 5.74) is 0. The molecule has 105 valence electrons. The van der Waals surface area contributed by atoms with Gasteiger partial charge in [-0.05, 0) is 0 Å². The van der Waals surface area contributed by atoms with Gasteiger partial charge in [-0.2, -0.15) is 0 Å². The maximum absolute atomic E-state index is 5.73. The van der Waals surface area contributed by atoms with Gasteiger partial charge in [-0.3, -0.25) is 0 Å². The fourth-order valence-corrected chi connectivity index (χ4v) is 4.40. The first-order valence-corrected chi connectivity index (χ1v) is 10.1. The Bertz CT molecular complexity index is 115. The van der Waals surface area contributed by atoms with Crippen molar-refractivity contribution in [1.82, 2.24) is 0 Å². The summed E-state index contributed by atoms with van der Waals surface area (Å²) in [7, 11) is 0. The van der Waals surface area contributed by atoms with Crippen molar-refractivity contribution in [2.24, 2.45) is 0 Å². The predicted molar refractivity (Wildman–Crippen MR) is 75.6 cm³/mol. The molecule has 3 nitrogen and oxygen atoms in total. The molecule has 0 fully saturated rings. The zero-order chi connectivity index (χ0) is 12.1. The molecule has 0 aliphatic heterocycles. The van der Waals surface area contributed by atoms with Crippen molar-refractivity contribution in [3.8, 4) is 0 Å². The van der Waals surface area contributed by atoms with Crippen LogP contribution in [-0.2, 0) is 9.22 Å². The number of halogens is 1. The second-order valence-corrected chi connectivity index (χ2v) is 7.75.